The minimum atomic E-state index is -3.20. The van der Waals surface area contributed by atoms with Gasteiger partial charge in [-0.1, -0.05) is 6.07 Å². The Morgan fingerprint density at radius 2 is 1.97 bits per heavy atom. The van der Waals surface area contributed by atoms with Crippen LogP contribution in [-0.4, -0.2) is 60.6 Å². The number of hydrogen-bond donors (Lipinski definition) is 2. The number of ether oxygens (including phenoxy) is 2. The van der Waals surface area contributed by atoms with Crippen LogP contribution in [0.15, 0.2) is 48.7 Å². The number of halogens is 1. The first-order valence-corrected chi connectivity index (χ1v) is 14.4. The van der Waals surface area contributed by atoms with Crippen LogP contribution in [0.3, 0.4) is 0 Å². The van der Waals surface area contributed by atoms with E-state index < -0.39 is 15.7 Å². The lowest BCUT2D eigenvalue weighted by atomic mass is 10.0. The monoisotopic (exact) mass is 553 g/mol. The number of carbonyl (C=O) groups is 1. The number of carbonyl (C=O) groups excluding carboxylic acids is 1. The summed E-state index contributed by atoms with van der Waals surface area (Å²) < 4.78 is 50.0. The van der Waals surface area contributed by atoms with Gasteiger partial charge in [0.15, 0.2) is 17.2 Å². The molecule has 1 saturated carbocycles. The van der Waals surface area contributed by atoms with Crippen molar-refractivity contribution in [2.45, 2.75) is 25.8 Å². The Balaban J connectivity index is 1.52. The second-order valence-corrected chi connectivity index (χ2v) is 11.8. The van der Waals surface area contributed by atoms with Gasteiger partial charge in [-0.05, 0) is 49.6 Å². The van der Waals surface area contributed by atoms with Crippen LogP contribution < -0.4 is 20.1 Å². The molecule has 5 rings (SSSR count). The minimum absolute atomic E-state index is 0.0791. The molecule has 1 fully saturated rings. The summed E-state index contributed by atoms with van der Waals surface area (Å²) in [5.74, 6) is -0.366. The lowest BCUT2D eigenvalue weighted by molar-refractivity contribution is 0.0950. The molecule has 1 aliphatic rings. The first-order chi connectivity index (χ1) is 18.6. The first kappa shape index (κ1) is 26.4. The summed E-state index contributed by atoms with van der Waals surface area (Å²) in [5.41, 5.74) is 3.72. The highest BCUT2D eigenvalue weighted by Gasteiger charge is 2.24. The van der Waals surface area contributed by atoms with Gasteiger partial charge in [-0.2, -0.15) is 0 Å². The highest BCUT2D eigenvalue weighted by Crippen LogP contribution is 2.31. The van der Waals surface area contributed by atoms with Crippen LogP contribution in [0.1, 0.15) is 28.8 Å². The van der Waals surface area contributed by atoms with Gasteiger partial charge in [-0.3, -0.25) is 4.79 Å². The van der Waals surface area contributed by atoms with E-state index in [9.17, 15) is 17.6 Å². The third kappa shape index (κ3) is 6.11. The molecular formula is C27H28FN5O5S. The minimum Gasteiger partial charge on any atom is -0.494 e. The SMILES string of the molecule is COc1ccc(Oc2cc(NCCS(C)(=O)=O)c3ncc(-c4ccc(C(=O)NC5CC5)c(C)c4)n3n2)cc1F. The first-order valence-electron chi connectivity index (χ1n) is 12.3. The fourth-order valence-corrected chi connectivity index (χ4v) is 4.57. The zero-order chi connectivity index (χ0) is 27.7. The lowest BCUT2D eigenvalue weighted by Crippen LogP contribution is -2.26. The van der Waals surface area contributed by atoms with Gasteiger partial charge >= 0.3 is 0 Å². The van der Waals surface area contributed by atoms with Crippen molar-refractivity contribution in [2.24, 2.45) is 0 Å². The number of imidazole rings is 1. The molecule has 12 heteroatoms. The van der Waals surface area contributed by atoms with Gasteiger partial charge in [-0.15, -0.1) is 5.10 Å². The third-order valence-corrected chi connectivity index (χ3v) is 7.20. The highest BCUT2D eigenvalue weighted by atomic mass is 32.2. The molecule has 0 radical (unpaired) electrons. The number of fused-ring (bicyclic) bond motifs is 1. The Labute approximate surface area is 225 Å². The maximum Gasteiger partial charge on any atom is 0.251 e. The normalized spacial score (nSPS) is 13.3. The van der Waals surface area contributed by atoms with Crippen molar-refractivity contribution in [1.29, 1.82) is 0 Å². The van der Waals surface area contributed by atoms with Gasteiger partial charge in [0, 0.05) is 42.1 Å². The lowest BCUT2D eigenvalue weighted by Gasteiger charge is -2.13. The predicted molar refractivity (Wildman–Crippen MR) is 145 cm³/mol. The van der Waals surface area contributed by atoms with Gasteiger partial charge in [0.25, 0.3) is 5.91 Å². The van der Waals surface area contributed by atoms with Gasteiger partial charge in [-0.25, -0.2) is 22.3 Å². The summed E-state index contributed by atoms with van der Waals surface area (Å²) in [5, 5.41) is 10.7. The van der Waals surface area contributed by atoms with Crippen LogP contribution in [0.2, 0.25) is 0 Å². The number of aromatic nitrogens is 3. The molecular weight excluding hydrogens is 525 g/mol. The van der Waals surface area contributed by atoms with Crippen LogP contribution in [-0.2, 0) is 9.84 Å². The van der Waals surface area contributed by atoms with Crippen molar-refractivity contribution in [3.05, 3.63) is 65.6 Å². The smallest absolute Gasteiger partial charge is 0.251 e. The van der Waals surface area contributed by atoms with Gasteiger partial charge in [0.1, 0.15) is 15.6 Å². The van der Waals surface area contributed by atoms with E-state index in [0.717, 1.165) is 30.2 Å². The molecule has 2 aromatic carbocycles. The Bertz CT molecular complexity index is 1670. The Hall–Kier alpha value is -4.19. The van der Waals surface area contributed by atoms with Crippen molar-refractivity contribution < 1.29 is 27.1 Å². The number of methoxy groups -OCH3 is 1. The van der Waals surface area contributed by atoms with Crippen LogP contribution >= 0.6 is 0 Å². The molecule has 2 N–H and O–H groups in total. The second-order valence-electron chi connectivity index (χ2n) is 9.51. The fourth-order valence-electron chi connectivity index (χ4n) is 4.09. The average Bonchev–Trinajstić information content (AvgIpc) is 3.58. The quantitative estimate of drug-likeness (QED) is 0.302. The van der Waals surface area contributed by atoms with Gasteiger partial charge < -0.3 is 20.1 Å². The van der Waals surface area contributed by atoms with Crippen molar-refractivity contribution in [1.82, 2.24) is 19.9 Å². The molecule has 0 aliphatic heterocycles. The highest BCUT2D eigenvalue weighted by molar-refractivity contribution is 7.90. The largest absolute Gasteiger partial charge is 0.494 e. The zero-order valence-electron chi connectivity index (χ0n) is 21.7. The van der Waals surface area contributed by atoms with Gasteiger partial charge in [0.2, 0.25) is 5.88 Å². The fraction of sp³-hybridized carbons (Fsp3) is 0.296. The number of hydrogen-bond acceptors (Lipinski definition) is 8. The molecule has 2 aromatic heterocycles. The number of nitrogens with zero attached hydrogens (tertiary/aromatic N) is 3. The van der Waals surface area contributed by atoms with Crippen molar-refractivity contribution >= 4 is 27.1 Å². The van der Waals surface area contributed by atoms with E-state index in [1.54, 1.807) is 28.9 Å². The molecule has 204 valence electrons. The molecule has 2 heterocycles. The van der Waals surface area contributed by atoms with Crippen molar-refractivity contribution in [3.8, 4) is 28.6 Å². The van der Waals surface area contributed by atoms with E-state index in [4.69, 9.17) is 9.47 Å². The Kier molecular flexibility index (Phi) is 7.13. The molecule has 10 nitrogen and oxygen atoms in total. The third-order valence-electron chi connectivity index (χ3n) is 6.26. The van der Waals surface area contributed by atoms with E-state index in [-0.39, 0.29) is 41.6 Å². The van der Waals surface area contributed by atoms with E-state index in [0.29, 0.717) is 22.6 Å². The summed E-state index contributed by atoms with van der Waals surface area (Å²) in [7, 11) is -1.83. The van der Waals surface area contributed by atoms with E-state index in [2.05, 4.69) is 20.7 Å². The molecule has 4 aromatic rings. The van der Waals surface area contributed by atoms with Crippen molar-refractivity contribution in [2.75, 3.05) is 31.0 Å². The van der Waals surface area contributed by atoms with E-state index in [1.165, 1.54) is 19.2 Å². The Morgan fingerprint density at radius 3 is 2.64 bits per heavy atom. The summed E-state index contributed by atoms with van der Waals surface area (Å²) in [6.45, 7) is 2.01. The van der Waals surface area contributed by atoms with E-state index >= 15 is 0 Å². The van der Waals surface area contributed by atoms with Crippen LogP contribution in [0.5, 0.6) is 17.4 Å². The van der Waals surface area contributed by atoms with Crippen LogP contribution in [0, 0.1) is 12.7 Å². The molecule has 0 bridgehead atoms. The molecule has 0 atom stereocenters. The van der Waals surface area contributed by atoms with Crippen molar-refractivity contribution in [3.63, 3.8) is 0 Å². The molecule has 1 amide bonds. The molecule has 1 aliphatic carbocycles. The summed E-state index contributed by atoms with van der Waals surface area (Å²) in [6, 6.07) is 11.5. The maximum atomic E-state index is 14.3. The topological polar surface area (TPSA) is 124 Å². The second kappa shape index (κ2) is 10.5. The molecule has 0 spiro atoms. The van der Waals surface area contributed by atoms with Crippen LogP contribution in [0.25, 0.3) is 16.9 Å². The number of aryl methyl sites for hydroxylation is 1. The number of anilines is 1. The summed E-state index contributed by atoms with van der Waals surface area (Å²) in [6.07, 6.45) is 4.81. The molecule has 0 unspecified atom stereocenters. The number of rotatable bonds is 10. The van der Waals surface area contributed by atoms with Gasteiger partial charge in [0.05, 0.1) is 30.4 Å². The molecule has 39 heavy (non-hydrogen) atoms. The summed E-state index contributed by atoms with van der Waals surface area (Å²) >= 11 is 0. The maximum absolute atomic E-state index is 14.3. The summed E-state index contributed by atoms with van der Waals surface area (Å²) in [4.78, 5) is 17.1. The number of nitrogens with one attached hydrogen (secondary N) is 2. The Morgan fingerprint density at radius 1 is 1.18 bits per heavy atom. The number of benzene rings is 2. The molecule has 0 saturated heterocycles. The predicted octanol–water partition coefficient (Wildman–Crippen LogP) is 3.99. The van der Waals surface area contributed by atoms with Crippen LogP contribution in [0.4, 0.5) is 10.1 Å². The number of sulfone groups is 1. The van der Waals surface area contributed by atoms with E-state index in [1.807, 2.05) is 19.1 Å². The zero-order valence-corrected chi connectivity index (χ0v) is 22.5. The standard InChI is InChI=1S/C27H28FN5O5S/c1-16-12-17(4-8-20(16)27(34)31-18-5-6-18)23-15-30-26-22(29-10-11-39(3,35)36)14-25(32-33(23)26)38-19-7-9-24(37-2)21(28)13-19/h4,7-9,12-15,18,29H,5-6,10-11H2,1-3H3,(H,31,34). The number of amides is 1. The average molecular weight is 554 g/mol.